The Morgan fingerprint density at radius 3 is 2.00 bits per heavy atom. The highest BCUT2D eigenvalue weighted by molar-refractivity contribution is 5.34. The number of rotatable bonds is 0. The zero-order valence-electron chi connectivity index (χ0n) is 6.49. The Bertz CT molecular complexity index is 180. The van der Waals surface area contributed by atoms with E-state index < -0.39 is 0 Å². The molecule has 3 aliphatic rings. The van der Waals surface area contributed by atoms with E-state index in [1.807, 2.05) is 0 Å². The largest absolute Gasteiger partial charge is 0.0707 e. The van der Waals surface area contributed by atoms with Gasteiger partial charge in [-0.15, -0.1) is 0 Å². The molecule has 0 heterocycles. The third-order valence-corrected chi connectivity index (χ3v) is 3.50. The van der Waals surface area contributed by atoms with Crippen molar-refractivity contribution in [1.82, 2.24) is 0 Å². The first-order valence-electron chi connectivity index (χ1n) is 3.81. The first-order valence-corrected chi connectivity index (χ1v) is 3.81. The topological polar surface area (TPSA) is 0 Å². The van der Waals surface area contributed by atoms with Gasteiger partial charge in [-0.1, -0.05) is 18.1 Å². The van der Waals surface area contributed by atoms with Crippen LogP contribution in [0.15, 0.2) is 11.1 Å². The van der Waals surface area contributed by atoms with Gasteiger partial charge in [-0.2, -0.15) is 0 Å². The lowest BCUT2D eigenvalue weighted by Crippen LogP contribution is -2.27. The third-order valence-electron chi connectivity index (χ3n) is 3.50. The molecule has 0 radical (unpaired) electrons. The summed E-state index contributed by atoms with van der Waals surface area (Å²) in [5, 5.41) is 0. The molecule has 0 heteroatoms. The van der Waals surface area contributed by atoms with Crippen LogP contribution in [-0.4, -0.2) is 0 Å². The van der Waals surface area contributed by atoms with Crippen LogP contribution < -0.4 is 0 Å². The Kier molecular flexibility index (Phi) is 0.769. The van der Waals surface area contributed by atoms with Crippen molar-refractivity contribution in [2.45, 2.75) is 33.6 Å². The van der Waals surface area contributed by atoms with Crippen LogP contribution in [0.2, 0.25) is 0 Å². The SMILES string of the molecule is CC1=C(C)C2(C)CC1C2. The highest BCUT2D eigenvalue weighted by Crippen LogP contribution is 2.61. The van der Waals surface area contributed by atoms with Crippen molar-refractivity contribution in [2.75, 3.05) is 0 Å². The van der Waals surface area contributed by atoms with Crippen LogP contribution >= 0.6 is 0 Å². The van der Waals surface area contributed by atoms with Gasteiger partial charge in [0.05, 0.1) is 0 Å². The Morgan fingerprint density at radius 1 is 1.33 bits per heavy atom. The summed E-state index contributed by atoms with van der Waals surface area (Å²) in [4.78, 5) is 0. The van der Waals surface area contributed by atoms with Crippen LogP contribution in [0, 0.1) is 11.3 Å². The molecule has 0 aromatic heterocycles. The summed E-state index contributed by atoms with van der Waals surface area (Å²) in [5.74, 6) is 0.981. The minimum atomic E-state index is 0.648. The first kappa shape index (κ1) is 5.52. The second kappa shape index (κ2) is 1.25. The molecule has 50 valence electrons. The highest BCUT2D eigenvalue weighted by atomic mass is 14.5. The maximum atomic E-state index is 2.40. The molecule has 0 unspecified atom stereocenters. The zero-order chi connectivity index (χ0) is 6.65. The molecule has 0 spiro atoms. The van der Waals surface area contributed by atoms with Crippen molar-refractivity contribution in [2.24, 2.45) is 11.3 Å². The molecule has 3 aliphatic carbocycles. The van der Waals surface area contributed by atoms with Crippen molar-refractivity contribution in [3.8, 4) is 0 Å². The molecule has 1 fully saturated rings. The molecule has 0 nitrogen and oxygen atoms in total. The minimum absolute atomic E-state index is 0.648. The fourth-order valence-corrected chi connectivity index (χ4v) is 2.42. The van der Waals surface area contributed by atoms with Gasteiger partial charge in [0.15, 0.2) is 0 Å². The van der Waals surface area contributed by atoms with Gasteiger partial charge in [0.1, 0.15) is 0 Å². The van der Waals surface area contributed by atoms with Gasteiger partial charge < -0.3 is 0 Å². The summed E-state index contributed by atoms with van der Waals surface area (Å²) < 4.78 is 0. The molecule has 0 aromatic rings. The van der Waals surface area contributed by atoms with E-state index in [0.717, 1.165) is 5.92 Å². The van der Waals surface area contributed by atoms with E-state index in [-0.39, 0.29) is 0 Å². The normalized spacial score (nSPS) is 47.7. The van der Waals surface area contributed by atoms with E-state index in [1.54, 1.807) is 11.1 Å². The van der Waals surface area contributed by atoms with E-state index in [0.29, 0.717) is 5.41 Å². The summed E-state index contributed by atoms with van der Waals surface area (Å²) in [6, 6.07) is 0. The lowest BCUT2D eigenvalue weighted by molar-refractivity contribution is 0.186. The van der Waals surface area contributed by atoms with E-state index in [9.17, 15) is 0 Å². The van der Waals surface area contributed by atoms with Crippen LogP contribution in [0.1, 0.15) is 33.6 Å². The monoisotopic (exact) mass is 122 g/mol. The van der Waals surface area contributed by atoms with Gasteiger partial charge in [-0.25, -0.2) is 0 Å². The molecule has 0 aromatic carbocycles. The zero-order valence-corrected chi connectivity index (χ0v) is 6.49. The molecule has 2 bridgehead atoms. The van der Waals surface area contributed by atoms with Gasteiger partial charge in [0, 0.05) is 0 Å². The van der Waals surface area contributed by atoms with E-state index in [2.05, 4.69) is 20.8 Å². The second-order valence-electron chi connectivity index (χ2n) is 3.97. The van der Waals surface area contributed by atoms with Crippen LogP contribution in [0.5, 0.6) is 0 Å². The maximum Gasteiger partial charge on any atom is -0.0105 e. The van der Waals surface area contributed by atoms with Crippen LogP contribution in [0.25, 0.3) is 0 Å². The van der Waals surface area contributed by atoms with Gasteiger partial charge in [0.25, 0.3) is 0 Å². The molecular weight excluding hydrogens is 108 g/mol. The van der Waals surface area contributed by atoms with Gasteiger partial charge in [0.2, 0.25) is 0 Å². The average molecular weight is 122 g/mol. The number of allylic oxidation sites excluding steroid dienone is 2. The number of hydrogen-bond donors (Lipinski definition) is 0. The molecule has 0 atom stereocenters. The lowest BCUT2D eigenvalue weighted by atomic mass is 9.67. The lowest BCUT2D eigenvalue weighted by Gasteiger charge is -2.37. The predicted molar refractivity (Wildman–Crippen MR) is 39.2 cm³/mol. The van der Waals surface area contributed by atoms with Crippen molar-refractivity contribution in [1.29, 1.82) is 0 Å². The molecular formula is C9H14. The van der Waals surface area contributed by atoms with Gasteiger partial charge in [-0.3, -0.25) is 0 Å². The predicted octanol–water partition coefficient (Wildman–Crippen LogP) is 2.75. The minimum Gasteiger partial charge on any atom is -0.0707 e. The summed E-state index contributed by atoms with van der Waals surface area (Å²) >= 11 is 0. The third kappa shape index (κ3) is 0.452. The fraction of sp³-hybridized carbons (Fsp3) is 0.778. The molecule has 0 aliphatic heterocycles. The van der Waals surface area contributed by atoms with Crippen molar-refractivity contribution in [3.05, 3.63) is 11.1 Å². The Hall–Kier alpha value is -0.260. The van der Waals surface area contributed by atoms with E-state index in [4.69, 9.17) is 0 Å². The van der Waals surface area contributed by atoms with E-state index >= 15 is 0 Å². The van der Waals surface area contributed by atoms with Crippen molar-refractivity contribution >= 4 is 0 Å². The standard InChI is InChI=1S/C9H14/c1-6-7(2)9(3)4-8(6)5-9/h8H,4-5H2,1-3H3. The van der Waals surface area contributed by atoms with Crippen LogP contribution in [-0.2, 0) is 0 Å². The van der Waals surface area contributed by atoms with Gasteiger partial charge in [-0.05, 0) is 38.0 Å². The smallest absolute Gasteiger partial charge is 0.0105 e. The van der Waals surface area contributed by atoms with Crippen molar-refractivity contribution < 1.29 is 0 Å². The summed E-state index contributed by atoms with van der Waals surface area (Å²) in [6.07, 6.45) is 2.90. The van der Waals surface area contributed by atoms with Crippen LogP contribution in [0.3, 0.4) is 0 Å². The van der Waals surface area contributed by atoms with Gasteiger partial charge >= 0.3 is 0 Å². The molecule has 1 saturated carbocycles. The Balaban J connectivity index is 2.42. The van der Waals surface area contributed by atoms with Crippen LogP contribution in [0.4, 0.5) is 0 Å². The highest BCUT2D eigenvalue weighted by Gasteiger charge is 2.49. The molecule has 9 heavy (non-hydrogen) atoms. The quantitative estimate of drug-likeness (QED) is 0.433. The molecule has 3 rings (SSSR count). The summed E-state index contributed by atoms with van der Waals surface area (Å²) in [6.45, 7) is 7.01. The maximum absolute atomic E-state index is 2.40. The first-order chi connectivity index (χ1) is 4.13. The Labute approximate surface area is 57.0 Å². The average Bonchev–Trinajstić information content (AvgIpc) is 1.99. The second-order valence-corrected chi connectivity index (χ2v) is 3.97. The Morgan fingerprint density at radius 2 is 1.89 bits per heavy atom. The molecule has 0 saturated heterocycles. The molecule has 0 amide bonds. The number of hydrogen-bond acceptors (Lipinski definition) is 0. The fourth-order valence-electron chi connectivity index (χ4n) is 2.42. The summed E-state index contributed by atoms with van der Waals surface area (Å²) in [7, 11) is 0. The molecule has 0 N–H and O–H groups in total. The van der Waals surface area contributed by atoms with Crippen molar-refractivity contribution in [3.63, 3.8) is 0 Å². The van der Waals surface area contributed by atoms with E-state index in [1.165, 1.54) is 12.8 Å². The summed E-state index contributed by atoms with van der Waals surface area (Å²) in [5.41, 5.74) is 4.03.